The molecule has 4 heteroatoms. The van der Waals surface area contributed by atoms with Crippen molar-refractivity contribution in [2.75, 3.05) is 13.2 Å². The van der Waals surface area contributed by atoms with Gasteiger partial charge in [-0.25, -0.2) is 0 Å². The maximum absolute atomic E-state index is 6.19. The van der Waals surface area contributed by atoms with Gasteiger partial charge in [0.1, 0.15) is 0 Å². The lowest BCUT2D eigenvalue weighted by molar-refractivity contribution is -0.258. The Kier molecular flexibility index (Phi) is 4.17. The van der Waals surface area contributed by atoms with Crippen molar-refractivity contribution in [1.29, 1.82) is 0 Å². The molecule has 4 nitrogen and oxygen atoms in total. The van der Waals surface area contributed by atoms with Gasteiger partial charge in [-0.3, -0.25) is 0 Å². The lowest BCUT2D eigenvalue weighted by Crippen LogP contribution is -2.57. The van der Waals surface area contributed by atoms with Gasteiger partial charge in [-0.05, 0) is 86.4 Å². The van der Waals surface area contributed by atoms with Crippen LogP contribution in [0.15, 0.2) is 5.10 Å². The Hall–Kier alpha value is -0.610. The number of hydrogen-bond acceptors (Lipinski definition) is 4. The molecule has 26 heavy (non-hydrogen) atoms. The van der Waals surface area contributed by atoms with Crippen LogP contribution in [0.5, 0.6) is 0 Å². The van der Waals surface area contributed by atoms with Crippen molar-refractivity contribution in [3.05, 3.63) is 0 Å². The molecule has 1 aliphatic heterocycles. The SMILES string of the molecule is CC1C2CC[C@H]3C4CC/C(=N/N)[C@H](CC[C@@H]3[C@@]2(C)CCC12OCCO2)C4. The van der Waals surface area contributed by atoms with Crippen LogP contribution in [-0.4, -0.2) is 24.7 Å². The molecule has 0 aromatic carbocycles. The van der Waals surface area contributed by atoms with Crippen LogP contribution in [0.4, 0.5) is 0 Å². The number of hydrazone groups is 1. The van der Waals surface area contributed by atoms with E-state index in [9.17, 15) is 0 Å². The Morgan fingerprint density at radius 2 is 1.77 bits per heavy atom. The molecular weight excluding hydrogens is 324 g/mol. The van der Waals surface area contributed by atoms with Gasteiger partial charge in [0, 0.05) is 18.1 Å². The van der Waals surface area contributed by atoms with E-state index in [0.717, 1.165) is 49.7 Å². The summed E-state index contributed by atoms with van der Waals surface area (Å²) in [5.41, 5.74) is 1.77. The van der Waals surface area contributed by atoms with Crippen molar-refractivity contribution < 1.29 is 9.47 Å². The van der Waals surface area contributed by atoms with Crippen LogP contribution in [0, 0.1) is 40.9 Å². The molecule has 0 aromatic rings. The summed E-state index contributed by atoms with van der Waals surface area (Å²) < 4.78 is 12.4. The first-order valence-corrected chi connectivity index (χ1v) is 11.1. The standard InChI is InChI=1S/C22H36N2O2/c1-14-18-7-5-17-15-4-8-20(24-23)16(13-15)3-6-19(17)21(18,2)9-10-22(14)25-11-12-26-22/h14-19H,3-13,23H2,1-2H3/b24-20-/t14?,15?,16-,17+,18?,19+,21+/m1/s1. The molecule has 0 amide bonds. The van der Waals surface area contributed by atoms with Crippen molar-refractivity contribution in [2.45, 2.75) is 77.4 Å². The Balaban J connectivity index is 1.43. The molecule has 4 aliphatic carbocycles. The van der Waals surface area contributed by atoms with Crippen LogP contribution in [0.25, 0.3) is 0 Å². The van der Waals surface area contributed by atoms with Crippen molar-refractivity contribution in [1.82, 2.24) is 0 Å². The molecule has 5 aliphatic rings. The molecule has 1 heterocycles. The first-order valence-electron chi connectivity index (χ1n) is 11.1. The number of fused-ring (bicyclic) bond motifs is 6. The van der Waals surface area contributed by atoms with Crippen molar-refractivity contribution in [2.24, 2.45) is 51.9 Å². The minimum atomic E-state index is -0.267. The average molecular weight is 361 g/mol. The summed E-state index contributed by atoms with van der Waals surface area (Å²) in [4.78, 5) is 0. The van der Waals surface area contributed by atoms with E-state index in [2.05, 4.69) is 18.9 Å². The van der Waals surface area contributed by atoms with Gasteiger partial charge in [-0.1, -0.05) is 13.8 Å². The van der Waals surface area contributed by atoms with Crippen LogP contribution in [0.3, 0.4) is 0 Å². The molecule has 1 spiro atoms. The van der Waals surface area contributed by atoms with Crippen LogP contribution < -0.4 is 5.84 Å². The third-order valence-corrected chi connectivity index (χ3v) is 9.53. The third kappa shape index (κ3) is 2.37. The minimum Gasteiger partial charge on any atom is -0.347 e. The Labute approximate surface area is 158 Å². The van der Waals surface area contributed by atoms with Gasteiger partial charge in [0.25, 0.3) is 0 Å². The molecule has 5 rings (SSSR count). The summed E-state index contributed by atoms with van der Waals surface area (Å²) in [6.45, 7) is 6.61. The zero-order valence-electron chi connectivity index (χ0n) is 16.6. The van der Waals surface area contributed by atoms with Crippen LogP contribution in [0.2, 0.25) is 0 Å². The molecule has 2 N–H and O–H groups in total. The monoisotopic (exact) mass is 360 g/mol. The van der Waals surface area contributed by atoms with Gasteiger partial charge in [0.2, 0.25) is 0 Å². The van der Waals surface area contributed by atoms with E-state index in [1.54, 1.807) is 0 Å². The summed E-state index contributed by atoms with van der Waals surface area (Å²) in [6, 6.07) is 0. The van der Waals surface area contributed by atoms with E-state index in [1.165, 1.54) is 50.7 Å². The predicted octanol–water partition coefficient (Wildman–Crippen LogP) is 4.33. The van der Waals surface area contributed by atoms with Gasteiger partial charge in [0.05, 0.1) is 13.2 Å². The molecule has 0 aromatic heterocycles. The highest BCUT2D eigenvalue weighted by molar-refractivity contribution is 5.87. The second kappa shape index (κ2) is 6.20. The van der Waals surface area contributed by atoms with Gasteiger partial charge in [0.15, 0.2) is 5.79 Å². The zero-order chi connectivity index (χ0) is 17.9. The first-order chi connectivity index (χ1) is 12.6. The first kappa shape index (κ1) is 17.5. The van der Waals surface area contributed by atoms with E-state index in [1.807, 2.05) is 0 Å². The lowest BCUT2D eigenvalue weighted by Gasteiger charge is -2.60. The highest BCUT2D eigenvalue weighted by Gasteiger charge is 2.60. The fourth-order valence-corrected chi connectivity index (χ4v) is 8.20. The van der Waals surface area contributed by atoms with E-state index in [-0.39, 0.29) is 5.79 Å². The second-order valence-corrected chi connectivity index (χ2v) is 10.2. The number of rotatable bonds is 0. The van der Waals surface area contributed by atoms with Crippen molar-refractivity contribution >= 4 is 5.71 Å². The topological polar surface area (TPSA) is 56.8 Å². The molecule has 1 saturated heterocycles. The number of nitrogens with two attached hydrogens (primary N) is 1. The van der Waals surface area contributed by atoms with Crippen molar-refractivity contribution in [3.63, 3.8) is 0 Å². The van der Waals surface area contributed by atoms with Gasteiger partial charge in [-0.2, -0.15) is 5.10 Å². The molecule has 0 radical (unpaired) electrons. The molecule has 7 atom stereocenters. The second-order valence-electron chi connectivity index (χ2n) is 10.2. The van der Waals surface area contributed by atoms with E-state index < -0.39 is 0 Å². The van der Waals surface area contributed by atoms with Crippen molar-refractivity contribution in [3.8, 4) is 0 Å². The Bertz CT molecular complexity index is 585. The maximum atomic E-state index is 6.19. The molecule has 2 bridgehead atoms. The van der Waals surface area contributed by atoms with Gasteiger partial charge >= 0.3 is 0 Å². The van der Waals surface area contributed by atoms with Crippen LogP contribution >= 0.6 is 0 Å². The Morgan fingerprint density at radius 1 is 1.00 bits per heavy atom. The number of hydrogen-bond donors (Lipinski definition) is 1. The quantitative estimate of drug-likeness (QED) is 0.516. The predicted molar refractivity (Wildman–Crippen MR) is 103 cm³/mol. The summed E-state index contributed by atoms with van der Waals surface area (Å²) >= 11 is 0. The molecule has 4 saturated carbocycles. The lowest BCUT2D eigenvalue weighted by atomic mass is 9.47. The molecule has 146 valence electrons. The fraction of sp³-hybridized carbons (Fsp3) is 0.955. The van der Waals surface area contributed by atoms with Gasteiger partial charge < -0.3 is 15.3 Å². The molecular formula is C22H36N2O2. The van der Waals surface area contributed by atoms with Gasteiger partial charge in [-0.15, -0.1) is 0 Å². The summed E-state index contributed by atoms with van der Waals surface area (Å²) in [6.07, 6.45) is 11.7. The largest absolute Gasteiger partial charge is 0.347 e. The van der Waals surface area contributed by atoms with E-state index in [0.29, 0.717) is 17.3 Å². The highest BCUT2D eigenvalue weighted by Crippen LogP contribution is 2.64. The number of ether oxygens (including phenoxy) is 2. The minimum absolute atomic E-state index is 0.267. The summed E-state index contributed by atoms with van der Waals surface area (Å²) in [5.74, 6) is 10.1. The van der Waals surface area contributed by atoms with E-state index in [4.69, 9.17) is 15.3 Å². The summed E-state index contributed by atoms with van der Waals surface area (Å²) in [5, 5.41) is 4.17. The smallest absolute Gasteiger partial charge is 0.171 e. The van der Waals surface area contributed by atoms with Crippen LogP contribution in [-0.2, 0) is 9.47 Å². The zero-order valence-corrected chi connectivity index (χ0v) is 16.6. The van der Waals surface area contributed by atoms with E-state index >= 15 is 0 Å². The third-order valence-electron chi connectivity index (χ3n) is 9.53. The fourth-order valence-electron chi connectivity index (χ4n) is 8.20. The Morgan fingerprint density at radius 3 is 2.54 bits per heavy atom. The molecule has 3 unspecified atom stereocenters. The highest BCUT2D eigenvalue weighted by atomic mass is 16.7. The number of nitrogens with zero attached hydrogens (tertiary/aromatic N) is 1. The maximum Gasteiger partial charge on any atom is 0.171 e. The average Bonchev–Trinajstić information content (AvgIpc) is 3.08. The van der Waals surface area contributed by atoms with Crippen LogP contribution in [0.1, 0.15) is 71.6 Å². The molecule has 5 fully saturated rings. The normalized spacial score (nSPS) is 51.7. The summed E-state index contributed by atoms with van der Waals surface area (Å²) in [7, 11) is 0.